The Balaban J connectivity index is 1.87. The molecule has 3 heterocycles. The highest BCUT2D eigenvalue weighted by Crippen LogP contribution is 2.27. The number of nitrogens with two attached hydrogens (primary N) is 1. The molecule has 23 heavy (non-hydrogen) atoms. The Hall–Kier alpha value is -2.19. The highest BCUT2D eigenvalue weighted by Gasteiger charge is 2.22. The molecule has 1 aliphatic rings. The van der Waals surface area contributed by atoms with E-state index in [1.165, 1.54) is 0 Å². The summed E-state index contributed by atoms with van der Waals surface area (Å²) in [4.78, 5) is 15.0. The van der Waals surface area contributed by atoms with Crippen LogP contribution in [-0.2, 0) is 18.3 Å². The van der Waals surface area contributed by atoms with Crippen LogP contribution in [0.4, 0.5) is 11.8 Å². The average molecular weight is 318 g/mol. The zero-order chi connectivity index (χ0) is 16.2. The van der Waals surface area contributed by atoms with Crippen molar-refractivity contribution < 1.29 is 9.84 Å². The molecule has 0 spiro atoms. The molecular formula is C15H22N6O2. The molecule has 2 aromatic rings. The molecule has 2 aromatic heterocycles. The van der Waals surface area contributed by atoms with E-state index in [1.54, 1.807) is 6.20 Å². The van der Waals surface area contributed by atoms with Gasteiger partial charge in [0.25, 0.3) is 0 Å². The molecule has 0 saturated carbocycles. The number of imidazole rings is 1. The molecule has 0 aromatic carbocycles. The highest BCUT2D eigenvalue weighted by molar-refractivity contribution is 5.44. The minimum atomic E-state index is 0.0240. The zero-order valence-electron chi connectivity index (χ0n) is 13.2. The van der Waals surface area contributed by atoms with Crippen LogP contribution in [0.5, 0.6) is 0 Å². The fourth-order valence-corrected chi connectivity index (χ4v) is 2.73. The van der Waals surface area contributed by atoms with Gasteiger partial charge in [-0.3, -0.25) is 0 Å². The first-order chi connectivity index (χ1) is 11.2. The number of ether oxygens (including phenoxy) is 1. The molecule has 3 N–H and O–H groups in total. The van der Waals surface area contributed by atoms with E-state index in [4.69, 9.17) is 10.5 Å². The van der Waals surface area contributed by atoms with E-state index in [0.717, 1.165) is 24.5 Å². The van der Waals surface area contributed by atoms with Crippen LogP contribution < -0.4 is 10.6 Å². The van der Waals surface area contributed by atoms with Crippen molar-refractivity contribution in [3.63, 3.8) is 0 Å². The topological polar surface area (TPSA) is 102 Å². The van der Waals surface area contributed by atoms with Crippen molar-refractivity contribution in [2.45, 2.75) is 18.9 Å². The number of anilines is 2. The fourth-order valence-electron chi connectivity index (χ4n) is 2.73. The van der Waals surface area contributed by atoms with Gasteiger partial charge in [-0.25, -0.2) is 9.97 Å². The minimum absolute atomic E-state index is 0.0240. The van der Waals surface area contributed by atoms with Crippen molar-refractivity contribution in [2.75, 3.05) is 37.0 Å². The van der Waals surface area contributed by atoms with Gasteiger partial charge in [-0.15, -0.1) is 0 Å². The van der Waals surface area contributed by atoms with Gasteiger partial charge < -0.3 is 25.0 Å². The van der Waals surface area contributed by atoms with Crippen molar-refractivity contribution >= 4 is 11.8 Å². The summed E-state index contributed by atoms with van der Waals surface area (Å²) in [5, 5.41) is 9.38. The van der Waals surface area contributed by atoms with E-state index < -0.39 is 0 Å². The van der Waals surface area contributed by atoms with Crippen molar-refractivity contribution in [2.24, 2.45) is 7.05 Å². The van der Waals surface area contributed by atoms with Crippen molar-refractivity contribution in [3.8, 4) is 0 Å². The van der Waals surface area contributed by atoms with Gasteiger partial charge in [0.05, 0.1) is 25.5 Å². The maximum Gasteiger partial charge on any atom is 0.222 e. The third kappa shape index (κ3) is 3.59. The normalized spacial score (nSPS) is 17.6. The lowest BCUT2D eigenvalue weighted by atomic mass is 10.0. The maximum atomic E-state index is 9.38. The number of nitrogen functional groups attached to an aromatic ring is 1. The number of aliphatic hydroxyl groups is 1. The van der Waals surface area contributed by atoms with Crippen molar-refractivity contribution in [1.82, 2.24) is 19.5 Å². The highest BCUT2D eigenvalue weighted by atomic mass is 16.5. The summed E-state index contributed by atoms with van der Waals surface area (Å²) in [6.07, 6.45) is 4.58. The molecule has 8 nitrogen and oxygen atoms in total. The predicted octanol–water partition coefficient (Wildman–Crippen LogP) is 0.295. The standard InChI is InChI=1S/C15H22N6O2/c1-20-4-3-17-14(20)9-21(5-6-22)13-8-12(18-15(16)19-13)11-2-7-23-10-11/h3-4,8,11,22H,2,5-7,9-10H2,1H3,(H2,16,18,19)/t11-/m1/s1. The number of aryl methyl sites for hydroxylation is 1. The van der Waals surface area contributed by atoms with Crippen LogP contribution in [0.3, 0.4) is 0 Å². The fraction of sp³-hybridized carbons (Fsp3) is 0.533. The molecule has 0 aliphatic carbocycles. The van der Waals surface area contributed by atoms with Gasteiger partial charge in [-0.05, 0) is 6.42 Å². The van der Waals surface area contributed by atoms with Gasteiger partial charge in [0.15, 0.2) is 0 Å². The van der Waals surface area contributed by atoms with Crippen molar-refractivity contribution in [3.05, 3.63) is 30.0 Å². The summed E-state index contributed by atoms with van der Waals surface area (Å²) < 4.78 is 7.38. The maximum absolute atomic E-state index is 9.38. The lowest BCUT2D eigenvalue weighted by molar-refractivity contribution is 0.193. The van der Waals surface area contributed by atoms with Crippen LogP contribution in [0.2, 0.25) is 0 Å². The Bertz CT molecular complexity index is 653. The smallest absolute Gasteiger partial charge is 0.222 e. The quantitative estimate of drug-likeness (QED) is 0.789. The van der Waals surface area contributed by atoms with E-state index >= 15 is 0 Å². The average Bonchev–Trinajstić information content (AvgIpc) is 3.18. The summed E-state index contributed by atoms with van der Waals surface area (Å²) in [5.74, 6) is 2.09. The summed E-state index contributed by atoms with van der Waals surface area (Å²) in [6, 6.07) is 1.94. The van der Waals surface area contributed by atoms with Crippen LogP contribution in [0.1, 0.15) is 23.9 Å². The molecule has 1 saturated heterocycles. The zero-order valence-corrected chi connectivity index (χ0v) is 13.2. The van der Waals surface area contributed by atoms with Gasteiger partial charge in [-0.1, -0.05) is 0 Å². The molecule has 8 heteroatoms. The SMILES string of the molecule is Cn1ccnc1CN(CCO)c1cc([C@@H]2CCOC2)nc(N)n1. The number of rotatable bonds is 6. The Morgan fingerprint density at radius 1 is 1.48 bits per heavy atom. The number of aliphatic hydroxyl groups excluding tert-OH is 1. The van der Waals surface area contributed by atoms with Gasteiger partial charge in [-0.2, -0.15) is 4.98 Å². The van der Waals surface area contributed by atoms with Crippen LogP contribution in [0, 0.1) is 0 Å². The van der Waals surface area contributed by atoms with Gasteiger partial charge in [0, 0.05) is 44.6 Å². The van der Waals surface area contributed by atoms with Crippen LogP contribution in [0.15, 0.2) is 18.5 Å². The number of hydrogen-bond donors (Lipinski definition) is 2. The molecule has 0 amide bonds. The summed E-state index contributed by atoms with van der Waals surface area (Å²) in [7, 11) is 1.94. The summed E-state index contributed by atoms with van der Waals surface area (Å²) >= 11 is 0. The largest absolute Gasteiger partial charge is 0.395 e. The second kappa shape index (κ2) is 6.93. The summed E-state index contributed by atoms with van der Waals surface area (Å²) in [5.41, 5.74) is 6.79. The lowest BCUT2D eigenvalue weighted by Crippen LogP contribution is -2.29. The molecule has 124 valence electrons. The Morgan fingerprint density at radius 3 is 3.00 bits per heavy atom. The molecular weight excluding hydrogens is 296 g/mol. The first kappa shape index (κ1) is 15.7. The lowest BCUT2D eigenvalue weighted by Gasteiger charge is -2.23. The molecule has 1 aliphatic heterocycles. The van der Waals surface area contributed by atoms with E-state index in [0.29, 0.717) is 25.5 Å². The minimum Gasteiger partial charge on any atom is -0.395 e. The van der Waals surface area contributed by atoms with E-state index in [-0.39, 0.29) is 18.5 Å². The monoisotopic (exact) mass is 318 g/mol. The van der Waals surface area contributed by atoms with Crippen LogP contribution in [0.25, 0.3) is 0 Å². The van der Waals surface area contributed by atoms with Crippen LogP contribution in [-0.4, -0.2) is 51.0 Å². The van der Waals surface area contributed by atoms with E-state index in [2.05, 4.69) is 15.0 Å². The number of nitrogens with zero attached hydrogens (tertiary/aromatic N) is 5. The third-order valence-electron chi connectivity index (χ3n) is 4.04. The van der Waals surface area contributed by atoms with Gasteiger partial charge in [0.2, 0.25) is 5.95 Å². The first-order valence-electron chi connectivity index (χ1n) is 7.71. The molecule has 1 atom stereocenters. The Kier molecular flexibility index (Phi) is 4.73. The Morgan fingerprint density at radius 2 is 2.35 bits per heavy atom. The number of hydrogen-bond acceptors (Lipinski definition) is 7. The van der Waals surface area contributed by atoms with Gasteiger partial charge in [0.1, 0.15) is 11.6 Å². The molecule has 1 fully saturated rings. The van der Waals surface area contributed by atoms with Crippen LogP contribution >= 0.6 is 0 Å². The van der Waals surface area contributed by atoms with E-state index in [9.17, 15) is 5.11 Å². The third-order valence-corrected chi connectivity index (χ3v) is 4.04. The predicted molar refractivity (Wildman–Crippen MR) is 86.0 cm³/mol. The summed E-state index contributed by atoms with van der Waals surface area (Å²) in [6.45, 7) is 2.42. The molecule has 3 rings (SSSR count). The molecule has 0 radical (unpaired) electrons. The van der Waals surface area contributed by atoms with Crippen molar-refractivity contribution in [1.29, 1.82) is 0 Å². The van der Waals surface area contributed by atoms with E-state index in [1.807, 2.05) is 28.8 Å². The Labute approximate surface area is 134 Å². The second-order valence-corrected chi connectivity index (χ2v) is 5.67. The van der Waals surface area contributed by atoms with Gasteiger partial charge >= 0.3 is 0 Å². The second-order valence-electron chi connectivity index (χ2n) is 5.67. The molecule has 0 bridgehead atoms. The number of aromatic nitrogens is 4. The first-order valence-corrected chi connectivity index (χ1v) is 7.71. The molecule has 0 unspecified atom stereocenters.